The fraction of sp³-hybridized carbons (Fsp3) is 0.778. The monoisotopic (exact) mass is 607 g/mol. The van der Waals surface area contributed by atoms with Crippen LogP contribution in [0.5, 0.6) is 0 Å². The standard InChI is InChI=1S/C36H53N3O5/c1-22(2)24-10-13-36(32(42)43-17-9-8-16-39-21-37-20-38-39)15-14-33(5)26(30(24)36)18-27-31-34(33,6)12-11-25(23(3)4)35(31,7)28(40)19-29(41)44-27/h20-21,24-28,30-31,40H,1,3,8-19H2,2,4-7H3/t24-,25-,26+,27+,28+,30+,31-,33+,34+,35+,36-/m0/s1. The molecule has 5 aliphatic rings. The molecular weight excluding hydrogens is 554 g/mol. The highest BCUT2D eigenvalue weighted by atomic mass is 16.5. The Morgan fingerprint density at radius 3 is 2.55 bits per heavy atom. The lowest BCUT2D eigenvalue weighted by molar-refractivity contribution is -0.260. The van der Waals surface area contributed by atoms with Gasteiger partial charge in [-0.05, 0) is 106 Å². The molecular formula is C36H53N3O5. The fourth-order valence-electron chi connectivity index (χ4n) is 11.8. The Morgan fingerprint density at radius 1 is 1.09 bits per heavy atom. The van der Waals surface area contributed by atoms with Crippen molar-refractivity contribution in [1.29, 1.82) is 0 Å². The van der Waals surface area contributed by atoms with Crippen molar-refractivity contribution in [3.05, 3.63) is 37.0 Å². The van der Waals surface area contributed by atoms with Crippen LogP contribution in [0.4, 0.5) is 0 Å². The Bertz CT molecular complexity index is 1310. The Labute approximate surface area is 263 Å². The van der Waals surface area contributed by atoms with Gasteiger partial charge < -0.3 is 14.6 Å². The van der Waals surface area contributed by atoms with Crippen LogP contribution in [0.25, 0.3) is 0 Å². The molecule has 0 unspecified atom stereocenters. The highest BCUT2D eigenvalue weighted by Crippen LogP contribution is 2.77. The molecule has 1 aliphatic heterocycles. The molecule has 0 radical (unpaired) electrons. The third-order valence-electron chi connectivity index (χ3n) is 14.0. The molecule has 0 bridgehead atoms. The van der Waals surface area contributed by atoms with Gasteiger partial charge in [0.25, 0.3) is 0 Å². The van der Waals surface area contributed by atoms with Crippen LogP contribution in [-0.2, 0) is 25.6 Å². The van der Waals surface area contributed by atoms with E-state index in [4.69, 9.17) is 9.47 Å². The van der Waals surface area contributed by atoms with E-state index in [1.807, 2.05) is 0 Å². The lowest BCUT2D eigenvalue weighted by Gasteiger charge is -2.71. The van der Waals surface area contributed by atoms with E-state index in [1.54, 1.807) is 11.0 Å². The van der Waals surface area contributed by atoms with E-state index in [-0.39, 0.29) is 64.9 Å². The van der Waals surface area contributed by atoms with Gasteiger partial charge in [-0.15, -0.1) is 0 Å². The second-order valence-electron chi connectivity index (χ2n) is 15.9. The normalized spacial score (nSPS) is 44.4. The van der Waals surface area contributed by atoms with Crippen molar-refractivity contribution in [3.8, 4) is 0 Å². The van der Waals surface area contributed by atoms with E-state index in [0.29, 0.717) is 6.61 Å². The van der Waals surface area contributed by atoms with Crippen molar-refractivity contribution in [3.63, 3.8) is 0 Å². The molecule has 8 heteroatoms. The molecule has 44 heavy (non-hydrogen) atoms. The summed E-state index contributed by atoms with van der Waals surface area (Å²) >= 11 is 0. The first kappa shape index (κ1) is 31.5. The van der Waals surface area contributed by atoms with Gasteiger partial charge in [0, 0.05) is 17.9 Å². The number of esters is 2. The number of aliphatic hydroxyl groups excluding tert-OH is 1. The number of unbranched alkanes of at least 4 members (excludes halogenated alkanes) is 1. The number of carbonyl (C=O) groups is 2. The van der Waals surface area contributed by atoms with Crippen LogP contribution in [0.15, 0.2) is 37.0 Å². The lowest BCUT2D eigenvalue weighted by Crippen LogP contribution is -2.69. The summed E-state index contributed by atoms with van der Waals surface area (Å²) in [5.41, 5.74) is 0.905. The van der Waals surface area contributed by atoms with Crippen molar-refractivity contribution in [2.75, 3.05) is 6.61 Å². The van der Waals surface area contributed by atoms with E-state index in [1.165, 1.54) is 6.33 Å². The van der Waals surface area contributed by atoms with E-state index >= 15 is 0 Å². The van der Waals surface area contributed by atoms with Crippen LogP contribution in [0.2, 0.25) is 0 Å². The van der Waals surface area contributed by atoms with Gasteiger partial charge in [0.1, 0.15) is 18.8 Å². The molecule has 2 heterocycles. The summed E-state index contributed by atoms with van der Waals surface area (Å²) in [4.78, 5) is 31.4. The summed E-state index contributed by atoms with van der Waals surface area (Å²) in [6, 6.07) is 0. The second-order valence-corrected chi connectivity index (χ2v) is 15.9. The number of hydrogen-bond donors (Lipinski definition) is 1. The highest BCUT2D eigenvalue weighted by Gasteiger charge is 2.74. The molecule has 1 aromatic heterocycles. The molecule has 4 aliphatic carbocycles. The summed E-state index contributed by atoms with van der Waals surface area (Å²) in [6.07, 6.45) is 9.97. The van der Waals surface area contributed by atoms with Gasteiger partial charge in [-0.2, -0.15) is 5.10 Å². The van der Waals surface area contributed by atoms with Crippen LogP contribution >= 0.6 is 0 Å². The van der Waals surface area contributed by atoms with Gasteiger partial charge in [0.2, 0.25) is 0 Å². The summed E-state index contributed by atoms with van der Waals surface area (Å²) in [7, 11) is 0. The fourth-order valence-corrected chi connectivity index (χ4v) is 11.8. The summed E-state index contributed by atoms with van der Waals surface area (Å²) in [5, 5.41) is 15.9. The largest absolute Gasteiger partial charge is 0.465 e. The quantitative estimate of drug-likeness (QED) is 0.210. The molecule has 0 spiro atoms. The van der Waals surface area contributed by atoms with Gasteiger partial charge in [-0.25, -0.2) is 4.98 Å². The Balaban J connectivity index is 1.33. The van der Waals surface area contributed by atoms with Crippen LogP contribution < -0.4 is 0 Å². The van der Waals surface area contributed by atoms with Gasteiger partial charge in [0.05, 0.1) is 24.5 Å². The number of nitrogens with zero attached hydrogens (tertiary/aromatic N) is 3. The van der Waals surface area contributed by atoms with Gasteiger partial charge in [-0.1, -0.05) is 45.1 Å². The number of fused-ring (bicyclic) bond motifs is 4. The number of aliphatic hydroxyl groups is 1. The predicted octanol–water partition coefficient (Wildman–Crippen LogP) is 6.30. The minimum atomic E-state index is -0.775. The first-order valence-electron chi connectivity index (χ1n) is 17.0. The molecule has 5 fully saturated rings. The Morgan fingerprint density at radius 2 is 1.86 bits per heavy atom. The van der Waals surface area contributed by atoms with E-state index < -0.39 is 16.9 Å². The molecule has 4 saturated carbocycles. The molecule has 242 valence electrons. The minimum Gasteiger partial charge on any atom is -0.465 e. The smallest absolute Gasteiger partial charge is 0.312 e. The molecule has 1 N–H and O–H groups in total. The third-order valence-corrected chi connectivity index (χ3v) is 14.0. The van der Waals surface area contributed by atoms with Crippen molar-refractivity contribution < 1.29 is 24.2 Å². The Kier molecular flexibility index (Phi) is 7.94. The van der Waals surface area contributed by atoms with Crippen LogP contribution in [0, 0.1) is 51.2 Å². The van der Waals surface area contributed by atoms with Crippen LogP contribution in [0.3, 0.4) is 0 Å². The van der Waals surface area contributed by atoms with Gasteiger partial charge in [0.15, 0.2) is 0 Å². The van der Waals surface area contributed by atoms with Gasteiger partial charge >= 0.3 is 11.9 Å². The number of carbonyl (C=O) groups excluding carboxylic acids is 2. The molecule has 0 aromatic carbocycles. The maximum absolute atomic E-state index is 14.2. The van der Waals surface area contributed by atoms with Crippen LogP contribution in [0.1, 0.15) is 98.8 Å². The van der Waals surface area contributed by atoms with Crippen molar-refractivity contribution >= 4 is 11.9 Å². The number of aromatic nitrogens is 3. The number of aryl methyl sites for hydroxylation is 1. The number of hydrogen-bond acceptors (Lipinski definition) is 7. The molecule has 0 amide bonds. The third kappa shape index (κ3) is 4.47. The zero-order valence-electron chi connectivity index (χ0n) is 27.5. The zero-order valence-corrected chi connectivity index (χ0v) is 27.5. The highest BCUT2D eigenvalue weighted by molar-refractivity contribution is 5.78. The number of rotatable bonds is 8. The Hall–Kier alpha value is -2.48. The topological polar surface area (TPSA) is 104 Å². The molecule has 1 aromatic rings. The molecule has 6 rings (SSSR count). The zero-order chi connectivity index (χ0) is 31.7. The van der Waals surface area contributed by atoms with E-state index in [9.17, 15) is 14.7 Å². The van der Waals surface area contributed by atoms with E-state index in [2.05, 4.69) is 57.9 Å². The molecule has 11 atom stereocenters. The lowest BCUT2D eigenvalue weighted by atomic mass is 9.33. The second kappa shape index (κ2) is 11.1. The minimum absolute atomic E-state index is 0.0160. The maximum Gasteiger partial charge on any atom is 0.312 e. The predicted molar refractivity (Wildman–Crippen MR) is 167 cm³/mol. The number of ether oxygens (including phenoxy) is 2. The van der Waals surface area contributed by atoms with Crippen molar-refractivity contribution in [2.45, 2.75) is 118 Å². The first-order chi connectivity index (χ1) is 20.8. The average molecular weight is 608 g/mol. The van der Waals surface area contributed by atoms with Crippen molar-refractivity contribution in [2.24, 2.45) is 51.2 Å². The van der Waals surface area contributed by atoms with Gasteiger partial charge in [-0.3, -0.25) is 14.3 Å². The number of allylic oxidation sites excluding steroid dienone is 2. The van der Waals surface area contributed by atoms with E-state index in [0.717, 1.165) is 75.5 Å². The van der Waals surface area contributed by atoms with Crippen LogP contribution in [-0.4, -0.2) is 50.6 Å². The summed E-state index contributed by atoms with van der Waals surface area (Å²) < 4.78 is 14.3. The maximum atomic E-state index is 14.2. The first-order valence-corrected chi connectivity index (χ1v) is 17.0. The summed E-state index contributed by atoms with van der Waals surface area (Å²) in [5.74, 6) is 0.290. The molecule has 1 saturated heterocycles. The molecule has 8 nitrogen and oxygen atoms in total. The average Bonchev–Trinajstić information content (AvgIpc) is 3.60. The summed E-state index contributed by atoms with van der Waals surface area (Å²) in [6.45, 7) is 21.2. The SMILES string of the molecule is C=C(C)[C@@H]1CC[C@]2(C(=O)OCCCCn3cncn3)CC[C@]3(C)[C@H](C[C@H]4OC(=O)C[C@@H](O)[C@]5(C)[C@@H]4[C@@]3(C)CC[C@H]5C(=C)C)[C@@H]12. The van der Waals surface area contributed by atoms with Crippen molar-refractivity contribution in [1.82, 2.24) is 14.8 Å².